The zero-order valence-corrected chi connectivity index (χ0v) is 17.9. The van der Waals surface area contributed by atoms with Gasteiger partial charge in [0.05, 0.1) is 17.1 Å². The number of rotatable bonds is 4. The third-order valence-corrected chi connectivity index (χ3v) is 5.56. The van der Waals surface area contributed by atoms with Crippen LogP contribution in [-0.4, -0.2) is 62.6 Å². The molecule has 2 aromatic heterocycles. The van der Waals surface area contributed by atoms with Gasteiger partial charge in [0.2, 0.25) is 0 Å². The molecular formula is C22H24ClN5O2. The topological polar surface area (TPSA) is 71.3 Å². The maximum atomic E-state index is 13.3. The molecule has 7 nitrogen and oxygen atoms in total. The number of benzene rings is 1. The summed E-state index contributed by atoms with van der Waals surface area (Å²) in [5.41, 5.74) is 2.72. The van der Waals surface area contributed by atoms with Crippen LogP contribution in [0.5, 0.6) is 0 Å². The van der Waals surface area contributed by atoms with Gasteiger partial charge in [-0.3, -0.25) is 9.59 Å². The number of pyridine rings is 1. The average Bonchev–Trinajstić information content (AvgIpc) is 3.15. The number of halogens is 1. The number of fused-ring (bicyclic) bond motifs is 1. The minimum Gasteiger partial charge on any atom is -0.335 e. The van der Waals surface area contributed by atoms with Crippen LogP contribution in [0.1, 0.15) is 39.8 Å². The lowest BCUT2D eigenvalue weighted by Crippen LogP contribution is -2.50. The van der Waals surface area contributed by atoms with Crippen LogP contribution in [0.4, 0.5) is 0 Å². The zero-order chi connectivity index (χ0) is 21.3. The van der Waals surface area contributed by atoms with Crippen LogP contribution >= 0.6 is 11.6 Å². The van der Waals surface area contributed by atoms with Gasteiger partial charge in [0.1, 0.15) is 0 Å². The molecule has 0 unspecified atom stereocenters. The molecule has 30 heavy (non-hydrogen) atoms. The Bertz CT molecular complexity index is 1100. The fraction of sp³-hybridized carbons (Fsp3) is 0.364. The second kappa shape index (κ2) is 8.44. The van der Waals surface area contributed by atoms with E-state index in [0.29, 0.717) is 42.3 Å². The molecule has 2 amide bonds. The summed E-state index contributed by atoms with van der Waals surface area (Å²) in [6, 6.07) is 8.77. The standard InChI is InChI=1S/C22H24ClN5O2/c1-3-7-28-20-19(14-24-28)18(12-15(2)25-20)22(30)27-10-8-26(9-11-27)21(29)16-5-4-6-17(23)13-16/h4-6,12-14H,3,7-11H2,1-2H3. The number of hydrogen-bond acceptors (Lipinski definition) is 4. The van der Waals surface area contributed by atoms with E-state index in [2.05, 4.69) is 17.0 Å². The van der Waals surface area contributed by atoms with Crippen LogP contribution in [-0.2, 0) is 6.54 Å². The number of carbonyl (C=O) groups excluding carboxylic acids is 2. The van der Waals surface area contributed by atoms with Crippen molar-refractivity contribution in [3.05, 3.63) is 58.4 Å². The van der Waals surface area contributed by atoms with Gasteiger partial charge >= 0.3 is 0 Å². The minimum absolute atomic E-state index is 0.0450. The molecule has 156 valence electrons. The summed E-state index contributed by atoms with van der Waals surface area (Å²) in [5, 5.41) is 5.72. The first-order valence-corrected chi connectivity index (χ1v) is 10.5. The second-order valence-electron chi connectivity index (χ2n) is 7.51. The summed E-state index contributed by atoms with van der Waals surface area (Å²) in [4.78, 5) is 34.1. The van der Waals surface area contributed by atoms with Gasteiger partial charge in [-0.1, -0.05) is 24.6 Å². The number of aryl methyl sites for hydroxylation is 2. The first kappa shape index (κ1) is 20.3. The van der Waals surface area contributed by atoms with Gasteiger partial charge in [-0.2, -0.15) is 5.10 Å². The molecule has 0 saturated carbocycles. The lowest BCUT2D eigenvalue weighted by molar-refractivity contribution is 0.0536. The van der Waals surface area contributed by atoms with E-state index in [1.54, 1.807) is 40.3 Å². The molecule has 0 aliphatic carbocycles. The molecule has 0 radical (unpaired) electrons. The summed E-state index contributed by atoms with van der Waals surface area (Å²) in [5.74, 6) is -0.107. The highest BCUT2D eigenvalue weighted by Crippen LogP contribution is 2.21. The van der Waals surface area contributed by atoms with Crippen molar-refractivity contribution in [2.24, 2.45) is 0 Å². The van der Waals surface area contributed by atoms with Crippen LogP contribution in [0.25, 0.3) is 11.0 Å². The smallest absolute Gasteiger partial charge is 0.254 e. The fourth-order valence-electron chi connectivity index (χ4n) is 3.81. The first-order chi connectivity index (χ1) is 14.5. The average molecular weight is 426 g/mol. The third kappa shape index (κ3) is 3.89. The van der Waals surface area contributed by atoms with E-state index in [1.807, 2.05) is 17.7 Å². The van der Waals surface area contributed by atoms with Gasteiger partial charge in [-0.25, -0.2) is 9.67 Å². The number of nitrogens with zero attached hydrogens (tertiary/aromatic N) is 5. The molecule has 1 saturated heterocycles. The largest absolute Gasteiger partial charge is 0.335 e. The normalized spacial score (nSPS) is 14.4. The van der Waals surface area contributed by atoms with Crippen molar-refractivity contribution in [3.63, 3.8) is 0 Å². The van der Waals surface area contributed by atoms with Crippen LogP contribution in [0.15, 0.2) is 36.5 Å². The molecule has 3 heterocycles. The van der Waals surface area contributed by atoms with E-state index in [-0.39, 0.29) is 11.8 Å². The lowest BCUT2D eigenvalue weighted by Gasteiger charge is -2.35. The SMILES string of the molecule is CCCn1ncc2c(C(=O)N3CCN(C(=O)c4cccc(Cl)c4)CC3)cc(C)nc21. The fourth-order valence-corrected chi connectivity index (χ4v) is 4.00. The van der Waals surface area contributed by atoms with E-state index in [0.717, 1.165) is 29.7 Å². The van der Waals surface area contributed by atoms with Gasteiger partial charge in [-0.15, -0.1) is 0 Å². The van der Waals surface area contributed by atoms with Crippen LogP contribution < -0.4 is 0 Å². The summed E-state index contributed by atoms with van der Waals surface area (Å²) in [6.45, 7) is 6.67. The molecular weight excluding hydrogens is 402 g/mol. The van der Waals surface area contributed by atoms with Crippen molar-refractivity contribution >= 4 is 34.4 Å². The predicted octanol–water partition coefficient (Wildman–Crippen LogP) is 3.40. The molecule has 3 aromatic rings. The first-order valence-electron chi connectivity index (χ1n) is 10.1. The number of hydrogen-bond donors (Lipinski definition) is 0. The number of carbonyl (C=O) groups is 2. The van der Waals surface area contributed by atoms with Gasteiger partial charge < -0.3 is 9.80 Å². The van der Waals surface area contributed by atoms with E-state index in [1.165, 1.54) is 0 Å². The highest BCUT2D eigenvalue weighted by Gasteiger charge is 2.27. The summed E-state index contributed by atoms with van der Waals surface area (Å²) in [7, 11) is 0. The molecule has 1 fully saturated rings. The molecule has 4 rings (SSSR count). The van der Waals surface area contributed by atoms with Crippen molar-refractivity contribution in [2.75, 3.05) is 26.2 Å². The second-order valence-corrected chi connectivity index (χ2v) is 7.95. The van der Waals surface area contributed by atoms with Crippen molar-refractivity contribution in [1.82, 2.24) is 24.6 Å². The summed E-state index contributed by atoms with van der Waals surface area (Å²) in [6.07, 6.45) is 2.67. The summed E-state index contributed by atoms with van der Waals surface area (Å²) >= 11 is 6.01. The third-order valence-electron chi connectivity index (χ3n) is 5.33. The molecule has 8 heteroatoms. The Morgan fingerprint density at radius 1 is 1.07 bits per heavy atom. The zero-order valence-electron chi connectivity index (χ0n) is 17.1. The summed E-state index contributed by atoms with van der Waals surface area (Å²) < 4.78 is 1.85. The van der Waals surface area contributed by atoms with Crippen LogP contribution in [0, 0.1) is 6.92 Å². The van der Waals surface area contributed by atoms with Crippen molar-refractivity contribution in [1.29, 1.82) is 0 Å². The molecule has 1 aliphatic rings. The molecule has 0 N–H and O–H groups in total. The van der Waals surface area contributed by atoms with Crippen molar-refractivity contribution in [2.45, 2.75) is 26.8 Å². The van der Waals surface area contributed by atoms with Gasteiger partial charge in [0, 0.05) is 49.0 Å². The van der Waals surface area contributed by atoms with Crippen LogP contribution in [0.3, 0.4) is 0 Å². The van der Waals surface area contributed by atoms with E-state index < -0.39 is 0 Å². The molecule has 1 aliphatic heterocycles. The Hall–Kier alpha value is -2.93. The van der Waals surface area contributed by atoms with Crippen molar-refractivity contribution in [3.8, 4) is 0 Å². The minimum atomic E-state index is -0.0624. The number of aromatic nitrogens is 3. The van der Waals surface area contributed by atoms with Gasteiger partial charge in [0.15, 0.2) is 5.65 Å². The molecule has 0 bridgehead atoms. The van der Waals surface area contributed by atoms with Crippen molar-refractivity contribution < 1.29 is 9.59 Å². The predicted molar refractivity (Wildman–Crippen MR) is 116 cm³/mol. The number of amides is 2. The molecule has 0 atom stereocenters. The Kier molecular flexibility index (Phi) is 5.72. The van der Waals surface area contributed by atoms with E-state index in [9.17, 15) is 9.59 Å². The number of piperazine rings is 1. The monoisotopic (exact) mass is 425 g/mol. The maximum Gasteiger partial charge on any atom is 0.254 e. The van der Waals surface area contributed by atoms with E-state index in [4.69, 9.17) is 11.6 Å². The molecule has 0 spiro atoms. The Balaban J connectivity index is 1.50. The van der Waals surface area contributed by atoms with Gasteiger partial charge in [0.25, 0.3) is 11.8 Å². The Labute approximate surface area is 180 Å². The maximum absolute atomic E-state index is 13.3. The van der Waals surface area contributed by atoms with Gasteiger partial charge in [-0.05, 0) is 37.6 Å². The lowest BCUT2D eigenvalue weighted by atomic mass is 10.1. The Morgan fingerprint density at radius 2 is 1.77 bits per heavy atom. The highest BCUT2D eigenvalue weighted by atomic mass is 35.5. The van der Waals surface area contributed by atoms with Crippen LogP contribution in [0.2, 0.25) is 5.02 Å². The van der Waals surface area contributed by atoms with E-state index >= 15 is 0 Å². The molecule has 1 aromatic carbocycles. The quantitative estimate of drug-likeness (QED) is 0.642. The Morgan fingerprint density at radius 3 is 2.43 bits per heavy atom. The highest BCUT2D eigenvalue weighted by molar-refractivity contribution is 6.30.